The Morgan fingerprint density at radius 1 is 1.10 bits per heavy atom. The standard InChI is InChI=1S/C24H23N3O3S/c1-15-6-4-8-21(25-15)26-22(17-9-11-18(29-3)12-10-17)19-14-16(2)31-24(19)27-23(28)20-7-5-13-30-20/h4-14,22H,1-3H3,(H,25,26)(H,27,28)/t22-/m0/s1. The van der Waals surface area contributed by atoms with E-state index in [0.29, 0.717) is 0 Å². The summed E-state index contributed by atoms with van der Waals surface area (Å²) in [7, 11) is 1.64. The molecule has 4 aromatic rings. The molecule has 0 radical (unpaired) electrons. The number of thiophene rings is 1. The predicted octanol–water partition coefficient (Wildman–Crippen LogP) is 5.82. The zero-order valence-corrected chi connectivity index (χ0v) is 18.3. The lowest BCUT2D eigenvalue weighted by atomic mass is 9.99. The van der Waals surface area contributed by atoms with Crippen LogP contribution in [0, 0.1) is 13.8 Å². The molecular formula is C24H23N3O3S. The van der Waals surface area contributed by atoms with E-state index in [0.717, 1.165) is 38.3 Å². The Kier molecular flexibility index (Phi) is 6.04. The number of aromatic nitrogens is 1. The van der Waals surface area contributed by atoms with Gasteiger partial charge in [0.25, 0.3) is 5.91 Å². The van der Waals surface area contributed by atoms with Gasteiger partial charge in [0.2, 0.25) is 0 Å². The lowest BCUT2D eigenvalue weighted by molar-refractivity contribution is 0.0997. The fraction of sp³-hybridized carbons (Fsp3) is 0.167. The van der Waals surface area contributed by atoms with E-state index in [4.69, 9.17) is 9.15 Å². The first kappa shape index (κ1) is 20.7. The van der Waals surface area contributed by atoms with E-state index in [1.165, 1.54) is 17.6 Å². The van der Waals surface area contributed by atoms with Gasteiger partial charge in [-0.05, 0) is 61.9 Å². The van der Waals surface area contributed by atoms with E-state index in [9.17, 15) is 4.79 Å². The highest BCUT2D eigenvalue weighted by Crippen LogP contribution is 2.38. The molecule has 0 aliphatic carbocycles. The molecule has 0 unspecified atom stereocenters. The number of anilines is 2. The number of ether oxygens (including phenoxy) is 1. The van der Waals surface area contributed by atoms with E-state index in [-0.39, 0.29) is 17.7 Å². The molecule has 4 rings (SSSR count). The highest BCUT2D eigenvalue weighted by atomic mass is 32.1. The number of benzene rings is 1. The molecule has 2 N–H and O–H groups in total. The number of nitrogens with zero attached hydrogens (tertiary/aromatic N) is 1. The number of methoxy groups -OCH3 is 1. The second-order valence-electron chi connectivity index (χ2n) is 7.09. The van der Waals surface area contributed by atoms with Gasteiger partial charge in [0.05, 0.1) is 19.4 Å². The normalized spacial score (nSPS) is 11.7. The largest absolute Gasteiger partial charge is 0.497 e. The molecule has 0 aliphatic heterocycles. The van der Waals surface area contributed by atoms with Crippen LogP contribution in [0.25, 0.3) is 0 Å². The molecule has 3 aromatic heterocycles. The summed E-state index contributed by atoms with van der Waals surface area (Å²) in [6, 6.07) is 18.9. The van der Waals surface area contributed by atoms with Gasteiger partial charge in [-0.15, -0.1) is 11.3 Å². The highest BCUT2D eigenvalue weighted by Gasteiger charge is 2.23. The molecule has 158 valence electrons. The maximum absolute atomic E-state index is 12.6. The molecule has 7 heteroatoms. The van der Waals surface area contributed by atoms with Gasteiger partial charge in [-0.3, -0.25) is 4.79 Å². The number of pyridine rings is 1. The van der Waals surface area contributed by atoms with Gasteiger partial charge in [0.1, 0.15) is 16.6 Å². The third-order valence-corrected chi connectivity index (χ3v) is 5.78. The van der Waals surface area contributed by atoms with Crippen LogP contribution in [0.2, 0.25) is 0 Å². The van der Waals surface area contributed by atoms with Crippen LogP contribution in [0.4, 0.5) is 10.8 Å². The molecule has 1 amide bonds. The summed E-state index contributed by atoms with van der Waals surface area (Å²) in [6.07, 6.45) is 1.49. The van der Waals surface area contributed by atoms with Gasteiger partial charge < -0.3 is 19.8 Å². The maximum Gasteiger partial charge on any atom is 0.291 e. The molecule has 0 aliphatic rings. The summed E-state index contributed by atoms with van der Waals surface area (Å²) in [4.78, 5) is 18.3. The lowest BCUT2D eigenvalue weighted by Gasteiger charge is -2.21. The van der Waals surface area contributed by atoms with Crippen molar-refractivity contribution in [3.05, 3.63) is 94.4 Å². The Balaban J connectivity index is 1.73. The van der Waals surface area contributed by atoms with Crippen molar-refractivity contribution in [1.82, 2.24) is 4.98 Å². The van der Waals surface area contributed by atoms with Crippen molar-refractivity contribution in [2.24, 2.45) is 0 Å². The molecule has 1 aromatic carbocycles. The Morgan fingerprint density at radius 2 is 1.90 bits per heavy atom. The fourth-order valence-electron chi connectivity index (χ4n) is 3.33. The van der Waals surface area contributed by atoms with Crippen LogP contribution in [0.5, 0.6) is 5.75 Å². The number of carbonyl (C=O) groups is 1. The zero-order valence-electron chi connectivity index (χ0n) is 17.5. The van der Waals surface area contributed by atoms with Gasteiger partial charge in [-0.25, -0.2) is 4.98 Å². The number of rotatable bonds is 7. The molecule has 0 bridgehead atoms. The molecule has 1 atom stereocenters. The Labute approximate surface area is 184 Å². The minimum Gasteiger partial charge on any atom is -0.497 e. The van der Waals surface area contributed by atoms with Crippen LogP contribution >= 0.6 is 11.3 Å². The molecule has 0 saturated carbocycles. The average Bonchev–Trinajstić information content (AvgIpc) is 3.42. The smallest absolute Gasteiger partial charge is 0.291 e. The van der Waals surface area contributed by atoms with E-state index in [1.54, 1.807) is 19.2 Å². The van der Waals surface area contributed by atoms with E-state index >= 15 is 0 Å². The second kappa shape index (κ2) is 9.06. The molecule has 6 nitrogen and oxygen atoms in total. The predicted molar refractivity (Wildman–Crippen MR) is 123 cm³/mol. The molecule has 31 heavy (non-hydrogen) atoms. The lowest BCUT2D eigenvalue weighted by Crippen LogP contribution is -2.17. The van der Waals surface area contributed by atoms with Crippen molar-refractivity contribution >= 4 is 28.1 Å². The van der Waals surface area contributed by atoms with Gasteiger partial charge in [-0.2, -0.15) is 0 Å². The Hall–Kier alpha value is -3.58. The van der Waals surface area contributed by atoms with Crippen molar-refractivity contribution in [2.45, 2.75) is 19.9 Å². The van der Waals surface area contributed by atoms with E-state index < -0.39 is 0 Å². The van der Waals surface area contributed by atoms with E-state index in [2.05, 4.69) is 21.7 Å². The van der Waals surface area contributed by atoms with Crippen LogP contribution in [-0.2, 0) is 0 Å². The summed E-state index contributed by atoms with van der Waals surface area (Å²) in [6.45, 7) is 3.98. The first-order valence-corrected chi connectivity index (χ1v) is 10.6. The number of aryl methyl sites for hydroxylation is 2. The topological polar surface area (TPSA) is 76.4 Å². The quantitative estimate of drug-likeness (QED) is 0.384. The van der Waals surface area contributed by atoms with Crippen molar-refractivity contribution in [3.8, 4) is 5.75 Å². The van der Waals surface area contributed by atoms with Crippen LogP contribution in [0.3, 0.4) is 0 Å². The van der Waals surface area contributed by atoms with Crippen molar-refractivity contribution in [2.75, 3.05) is 17.7 Å². The number of furan rings is 1. The number of carbonyl (C=O) groups excluding carboxylic acids is 1. The van der Waals surface area contributed by atoms with Crippen molar-refractivity contribution < 1.29 is 13.9 Å². The highest BCUT2D eigenvalue weighted by molar-refractivity contribution is 7.16. The number of hydrogen-bond donors (Lipinski definition) is 2. The third kappa shape index (κ3) is 4.78. The van der Waals surface area contributed by atoms with Gasteiger partial charge >= 0.3 is 0 Å². The summed E-state index contributed by atoms with van der Waals surface area (Å²) in [5.41, 5.74) is 2.90. The molecule has 0 saturated heterocycles. The Morgan fingerprint density at radius 3 is 2.58 bits per heavy atom. The van der Waals surface area contributed by atoms with Crippen molar-refractivity contribution in [3.63, 3.8) is 0 Å². The maximum atomic E-state index is 12.6. The van der Waals surface area contributed by atoms with Gasteiger partial charge in [0, 0.05) is 16.1 Å². The van der Waals surface area contributed by atoms with Crippen LogP contribution < -0.4 is 15.4 Å². The molecular weight excluding hydrogens is 410 g/mol. The molecule has 3 heterocycles. The van der Waals surface area contributed by atoms with Gasteiger partial charge in [0.15, 0.2) is 5.76 Å². The summed E-state index contributed by atoms with van der Waals surface area (Å²) in [5, 5.41) is 7.30. The van der Waals surface area contributed by atoms with E-state index in [1.807, 2.05) is 56.3 Å². The molecule has 0 spiro atoms. The zero-order chi connectivity index (χ0) is 21.8. The number of hydrogen-bond acceptors (Lipinski definition) is 6. The average molecular weight is 434 g/mol. The van der Waals surface area contributed by atoms with Crippen molar-refractivity contribution in [1.29, 1.82) is 0 Å². The first-order chi connectivity index (χ1) is 15.0. The summed E-state index contributed by atoms with van der Waals surface area (Å²) >= 11 is 1.53. The summed E-state index contributed by atoms with van der Waals surface area (Å²) in [5.74, 6) is 1.53. The molecule has 0 fully saturated rings. The third-order valence-electron chi connectivity index (χ3n) is 4.80. The second-order valence-corrected chi connectivity index (χ2v) is 8.34. The minimum atomic E-state index is -0.282. The minimum absolute atomic E-state index is 0.225. The van der Waals surface area contributed by atoms with Crippen LogP contribution in [-0.4, -0.2) is 18.0 Å². The monoisotopic (exact) mass is 433 g/mol. The Bertz CT molecular complexity index is 1170. The number of amides is 1. The van der Waals surface area contributed by atoms with Crippen LogP contribution in [0.1, 0.15) is 38.3 Å². The fourth-order valence-corrected chi connectivity index (χ4v) is 4.27. The summed E-state index contributed by atoms with van der Waals surface area (Å²) < 4.78 is 10.6. The SMILES string of the molecule is COc1ccc([C@H](Nc2cccc(C)n2)c2cc(C)sc2NC(=O)c2ccco2)cc1. The number of nitrogens with one attached hydrogen (secondary N) is 2. The first-order valence-electron chi connectivity index (χ1n) is 9.83. The van der Waals surface area contributed by atoms with Crippen LogP contribution in [0.15, 0.2) is 71.3 Å². The van der Waals surface area contributed by atoms with Gasteiger partial charge in [-0.1, -0.05) is 18.2 Å².